The lowest BCUT2D eigenvalue weighted by Crippen LogP contribution is -2.24. The van der Waals surface area contributed by atoms with Crippen molar-refractivity contribution in [1.29, 1.82) is 0 Å². The molecule has 0 fully saturated rings. The monoisotopic (exact) mass is 509 g/mol. The van der Waals surface area contributed by atoms with E-state index in [0.717, 1.165) is 11.8 Å². The number of carbonyl (C=O) groups excluding carboxylic acids is 2. The summed E-state index contributed by atoms with van der Waals surface area (Å²) in [6.07, 6.45) is 0. The molecule has 0 atom stereocenters. The normalized spacial score (nSPS) is 10.6. The van der Waals surface area contributed by atoms with Crippen LogP contribution in [0.1, 0.15) is 16.2 Å². The SMILES string of the molecule is COc1cccc(C(=O)NCc2nnc(SCC(=O)Nc3ccc(F)cc3)n2-c2ccc(F)cc2)c1. The van der Waals surface area contributed by atoms with Gasteiger partial charge in [0.25, 0.3) is 5.91 Å². The van der Waals surface area contributed by atoms with Crippen molar-refractivity contribution in [3.8, 4) is 11.4 Å². The Morgan fingerprint density at radius 3 is 2.36 bits per heavy atom. The Bertz CT molecular complexity index is 1360. The molecule has 2 N–H and O–H groups in total. The van der Waals surface area contributed by atoms with Gasteiger partial charge in [-0.2, -0.15) is 0 Å². The Morgan fingerprint density at radius 1 is 0.972 bits per heavy atom. The Morgan fingerprint density at radius 2 is 1.67 bits per heavy atom. The van der Waals surface area contributed by atoms with Gasteiger partial charge in [0, 0.05) is 16.9 Å². The standard InChI is InChI=1S/C25H21F2N5O3S/c1-35-21-4-2-3-16(13-21)24(34)28-14-22-30-31-25(32(22)20-11-7-18(27)8-12-20)36-15-23(33)29-19-9-5-17(26)6-10-19/h2-13H,14-15H2,1H3,(H,28,34)(H,29,33). The maximum atomic E-state index is 13.5. The fraction of sp³-hybridized carbons (Fsp3) is 0.120. The number of ether oxygens (including phenoxy) is 1. The molecular formula is C25H21F2N5O3S. The van der Waals surface area contributed by atoms with Crippen LogP contribution in [0.2, 0.25) is 0 Å². The van der Waals surface area contributed by atoms with Crippen molar-refractivity contribution in [3.63, 3.8) is 0 Å². The van der Waals surface area contributed by atoms with Crippen LogP contribution >= 0.6 is 11.8 Å². The van der Waals surface area contributed by atoms with Gasteiger partial charge in [-0.1, -0.05) is 17.8 Å². The summed E-state index contributed by atoms with van der Waals surface area (Å²) in [5, 5.41) is 14.2. The van der Waals surface area contributed by atoms with Crippen LogP contribution in [0.4, 0.5) is 14.5 Å². The van der Waals surface area contributed by atoms with E-state index in [2.05, 4.69) is 20.8 Å². The van der Waals surface area contributed by atoms with Gasteiger partial charge in [0.1, 0.15) is 17.4 Å². The first-order valence-corrected chi connectivity index (χ1v) is 11.7. The minimum Gasteiger partial charge on any atom is -0.497 e. The molecule has 0 spiro atoms. The Kier molecular flexibility index (Phi) is 7.91. The quantitative estimate of drug-likeness (QED) is 0.328. The van der Waals surface area contributed by atoms with Crippen molar-refractivity contribution in [3.05, 3.63) is 95.8 Å². The molecule has 184 valence electrons. The van der Waals surface area contributed by atoms with Gasteiger partial charge in [-0.15, -0.1) is 10.2 Å². The summed E-state index contributed by atoms with van der Waals surface area (Å²) in [4.78, 5) is 25.0. The van der Waals surface area contributed by atoms with E-state index in [1.807, 2.05) is 0 Å². The molecule has 0 aliphatic rings. The van der Waals surface area contributed by atoms with E-state index in [-0.39, 0.29) is 24.1 Å². The molecule has 0 aliphatic carbocycles. The third-order valence-electron chi connectivity index (χ3n) is 4.98. The average molecular weight is 510 g/mol. The van der Waals surface area contributed by atoms with E-state index in [1.54, 1.807) is 41.0 Å². The number of nitrogens with zero attached hydrogens (tertiary/aromatic N) is 3. The van der Waals surface area contributed by atoms with Crippen molar-refractivity contribution < 1.29 is 23.1 Å². The first-order chi connectivity index (χ1) is 17.4. The lowest BCUT2D eigenvalue weighted by molar-refractivity contribution is -0.113. The summed E-state index contributed by atoms with van der Waals surface area (Å²) in [5.41, 5.74) is 1.44. The van der Waals surface area contributed by atoms with Gasteiger partial charge in [-0.3, -0.25) is 14.2 Å². The summed E-state index contributed by atoms with van der Waals surface area (Å²) in [6.45, 7) is 0.0305. The number of thioether (sulfide) groups is 1. The molecule has 0 unspecified atom stereocenters. The molecule has 0 saturated heterocycles. The molecule has 1 aromatic heterocycles. The fourth-order valence-corrected chi connectivity index (χ4v) is 4.01. The highest BCUT2D eigenvalue weighted by atomic mass is 32.2. The Hall–Kier alpha value is -4.25. The second-order valence-corrected chi connectivity index (χ2v) is 8.41. The first kappa shape index (κ1) is 24.9. The largest absolute Gasteiger partial charge is 0.497 e. The predicted molar refractivity (Wildman–Crippen MR) is 131 cm³/mol. The number of hydrogen-bond acceptors (Lipinski definition) is 6. The third kappa shape index (κ3) is 6.25. The molecular weight excluding hydrogens is 488 g/mol. The Labute approximate surface area is 209 Å². The fourth-order valence-electron chi connectivity index (χ4n) is 3.24. The predicted octanol–water partition coefficient (Wildman–Crippen LogP) is 4.21. The van der Waals surface area contributed by atoms with E-state index in [4.69, 9.17) is 4.74 Å². The maximum absolute atomic E-state index is 13.5. The van der Waals surface area contributed by atoms with Gasteiger partial charge in [0.05, 0.1) is 19.4 Å². The summed E-state index contributed by atoms with van der Waals surface area (Å²) in [5.74, 6) is -0.543. The zero-order chi connectivity index (χ0) is 25.5. The molecule has 4 rings (SSSR count). The highest BCUT2D eigenvalue weighted by Gasteiger charge is 2.17. The number of hydrogen-bond donors (Lipinski definition) is 2. The van der Waals surface area contributed by atoms with Crippen LogP contribution in [0.3, 0.4) is 0 Å². The van der Waals surface area contributed by atoms with Gasteiger partial charge in [0.15, 0.2) is 11.0 Å². The highest BCUT2D eigenvalue weighted by Crippen LogP contribution is 2.23. The molecule has 4 aromatic rings. The van der Waals surface area contributed by atoms with Crippen LogP contribution in [0.15, 0.2) is 78.0 Å². The van der Waals surface area contributed by atoms with E-state index >= 15 is 0 Å². The lowest BCUT2D eigenvalue weighted by Gasteiger charge is -2.11. The molecule has 36 heavy (non-hydrogen) atoms. The second-order valence-electron chi connectivity index (χ2n) is 7.47. The number of anilines is 1. The molecule has 0 bridgehead atoms. The van der Waals surface area contributed by atoms with Crippen LogP contribution in [-0.4, -0.2) is 39.4 Å². The van der Waals surface area contributed by atoms with Gasteiger partial charge in [-0.05, 0) is 66.7 Å². The van der Waals surface area contributed by atoms with Gasteiger partial charge >= 0.3 is 0 Å². The third-order valence-corrected chi connectivity index (χ3v) is 5.91. The number of carbonyl (C=O) groups is 2. The lowest BCUT2D eigenvalue weighted by atomic mass is 10.2. The van der Waals surface area contributed by atoms with Gasteiger partial charge < -0.3 is 15.4 Å². The van der Waals surface area contributed by atoms with Crippen LogP contribution < -0.4 is 15.4 Å². The topological polar surface area (TPSA) is 98.1 Å². The average Bonchev–Trinajstić information content (AvgIpc) is 3.30. The van der Waals surface area contributed by atoms with Crippen molar-refractivity contribution in [1.82, 2.24) is 20.1 Å². The molecule has 1 heterocycles. The number of rotatable bonds is 9. The highest BCUT2D eigenvalue weighted by molar-refractivity contribution is 7.99. The first-order valence-electron chi connectivity index (χ1n) is 10.7. The molecule has 11 heteroatoms. The summed E-state index contributed by atoms with van der Waals surface area (Å²) in [7, 11) is 1.52. The minimum atomic E-state index is -0.410. The van der Waals surface area contributed by atoms with Crippen molar-refractivity contribution in [2.45, 2.75) is 11.7 Å². The zero-order valence-electron chi connectivity index (χ0n) is 19.1. The number of halogens is 2. The summed E-state index contributed by atoms with van der Waals surface area (Å²) < 4.78 is 33.4. The van der Waals surface area contributed by atoms with Crippen molar-refractivity contribution >= 4 is 29.3 Å². The number of methoxy groups -OCH3 is 1. The summed E-state index contributed by atoms with van der Waals surface area (Å²) in [6, 6.07) is 17.8. The van der Waals surface area contributed by atoms with E-state index in [1.165, 1.54) is 43.5 Å². The maximum Gasteiger partial charge on any atom is 0.251 e. The number of nitrogens with one attached hydrogen (secondary N) is 2. The van der Waals surface area contributed by atoms with E-state index in [0.29, 0.717) is 33.7 Å². The molecule has 3 aromatic carbocycles. The minimum absolute atomic E-state index is 0.00707. The van der Waals surface area contributed by atoms with Crippen LogP contribution in [0, 0.1) is 11.6 Å². The molecule has 8 nitrogen and oxygen atoms in total. The number of aromatic nitrogens is 3. The van der Waals surface area contributed by atoms with Gasteiger partial charge in [0.2, 0.25) is 5.91 Å². The van der Waals surface area contributed by atoms with Crippen LogP contribution in [-0.2, 0) is 11.3 Å². The molecule has 0 saturated carbocycles. The van der Waals surface area contributed by atoms with Crippen LogP contribution in [0.5, 0.6) is 5.75 Å². The van der Waals surface area contributed by atoms with Gasteiger partial charge in [-0.25, -0.2) is 8.78 Å². The number of benzene rings is 3. The molecule has 2 amide bonds. The molecule has 0 radical (unpaired) electrons. The van der Waals surface area contributed by atoms with Crippen molar-refractivity contribution in [2.24, 2.45) is 0 Å². The Balaban J connectivity index is 1.49. The second kappa shape index (κ2) is 11.5. The van der Waals surface area contributed by atoms with Crippen LogP contribution in [0.25, 0.3) is 5.69 Å². The summed E-state index contributed by atoms with van der Waals surface area (Å²) >= 11 is 1.11. The van der Waals surface area contributed by atoms with E-state index < -0.39 is 11.6 Å². The van der Waals surface area contributed by atoms with E-state index in [9.17, 15) is 18.4 Å². The zero-order valence-corrected chi connectivity index (χ0v) is 19.9. The molecule has 0 aliphatic heterocycles. The smallest absolute Gasteiger partial charge is 0.251 e. The van der Waals surface area contributed by atoms with Crippen molar-refractivity contribution in [2.75, 3.05) is 18.2 Å². The number of amides is 2.